The summed E-state index contributed by atoms with van der Waals surface area (Å²) >= 11 is 1.72. The number of hydrogen-bond acceptors (Lipinski definition) is 11. The highest BCUT2D eigenvalue weighted by Crippen LogP contribution is 2.34. The molecule has 11 heteroatoms. The minimum Gasteiger partial charge on any atom is -0.378 e. The second-order valence-corrected chi connectivity index (χ2v) is 7.83. The first-order chi connectivity index (χ1) is 13.9. The molecular weight excluding hydrogens is 380 g/mol. The summed E-state index contributed by atoms with van der Waals surface area (Å²) in [6.07, 6.45) is 0. The summed E-state index contributed by atoms with van der Waals surface area (Å²) in [5.41, 5.74) is 0.981. The minimum atomic E-state index is 0.407. The van der Waals surface area contributed by atoms with E-state index in [0.717, 1.165) is 61.4 Å². The zero-order chi connectivity index (χ0) is 18.8. The summed E-state index contributed by atoms with van der Waals surface area (Å²) in [5.74, 6) is 2.37. The van der Waals surface area contributed by atoms with Crippen molar-refractivity contribution in [3.63, 3.8) is 0 Å². The molecular formula is C17H22N8O2S. The van der Waals surface area contributed by atoms with Crippen molar-refractivity contribution in [2.24, 2.45) is 15.2 Å². The van der Waals surface area contributed by atoms with Gasteiger partial charge in [-0.25, -0.2) is 9.98 Å². The van der Waals surface area contributed by atoms with Gasteiger partial charge in [-0.15, -0.1) is 16.5 Å². The van der Waals surface area contributed by atoms with Crippen LogP contribution in [0.3, 0.4) is 0 Å². The maximum atomic E-state index is 5.53. The third kappa shape index (κ3) is 3.64. The Morgan fingerprint density at radius 3 is 2.46 bits per heavy atom. The van der Waals surface area contributed by atoms with Gasteiger partial charge in [0.05, 0.1) is 43.2 Å². The lowest BCUT2D eigenvalue weighted by atomic mass is 10.3. The van der Waals surface area contributed by atoms with Crippen LogP contribution in [0.2, 0.25) is 0 Å². The quantitative estimate of drug-likeness (QED) is 0.821. The first-order valence-corrected chi connectivity index (χ1v) is 10.3. The van der Waals surface area contributed by atoms with Gasteiger partial charge in [0.1, 0.15) is 0 Å². The van der Waals surface area contributed by atoms with Crippen LogP contribution in [0.25, 0.3) is 10.2 Å². The number of anilines is 2. The molecule has 3 aliphatic heterocycles. The number of fused-ring (bicyclic) bond motifs is 1. The van der Waals surface area contributed by atoms with Crippen molar-refractivity contribution in [1.29, 1.82) is 0 Å². The van der Waals surface area contributed by atoms with Crippen LogP contribution in [-0.2, 0) is 16.0 Å². The molecule has 3 aliphatic rings. The monoisotopic (exact) mass is 402 g/mol. The Balaban J connectivity index is 1.48. The fraction of sp³-hybridized carbons (Fsp3) is 0.588. The van der Waals surface area contributed by atoms with E-state index in [1.54, 1.807) is 11.3 Å². The smallest absolute Gasteiger partial charge is 0.239 e. The maximum Gasteiger partial charge on any atom is 0.239 e. The highest BCUT2D eigenvalue weighted by atomic mass is 32.1. The summed E-state index contributed by atoms with van der Waals surface area (Å²) in [5, 5.41) is 11.1. The van der Waals surface area contributed by atoms with E-state index in [1.165, 1.54) is 4.88 Å². The highest BCUT2D eigenvalue weighted by Gasteiger charge is 2.22. The number of aliphatic imine (C=N–C) groups is 1. The molecule has 2 aromatic heterocycles. The van der Waals surface area contributed by atoms with Gasteiger partial charge in [0.15, 0.2) is 12.5 Å². The zero-order valence-corrected chi connectivity index (χ0v) is 16.3. The Hall–Kier alpha value is -2.37. The summed E-state index contributed by atoms with van der Waals surface area (Å²) in [6, 6.07) is 2.13. The van der Waals surface area contributed by atoms with Crippen molar-refractivity contribution in [3.05, 3.63) is 10.9 Å². The molecule has 0 spiro atoms. The van der Waals surface area contributed by atoms with E-state index in [1.807, 2.05) is 0 Å². The third-order valence-corrected chi connectivity index (χ3v) is 5.99. The van der Waals surface area contributed by atoms with Gasteiger partial charge < -0.3 is 24.6 Å². The van der Waals surface area contributed by atoms with Gasteiger partial charge in [0, 0.05) is 31.1 Å². The van der Waals surface area contributed by atoms with Crippen LogP contribution in [-0.4, -0.2) is 75.2 Å². The number of morpholine rings is 2. The fourth-order valence-corrected chi connectivity index (χ4v) is 4.47. The van der Waals surface area contributed by atoms with Crippen molar-refractivity contribution in [2.75, 3.05) is 69.1 Å². The summed E-state index contributed by atoms with van der Waals surface area (Å²) in [6.45, 7) is 7.25. The number of aromatic nitrogens is 2. The molecule has 148 valence electrons. The van der Waals surface area contributed by atoms with Crippen LogP contribution in [0.5, 0.6) is 0 Å². The Labute approximate surface area is 166 Å². The van der Waals surface area contributed by atoms with Gasteiger partial charge in [-0.2, -0.15) is 10.1 Å². The molecule has 2 aromatic rings. The second kappa shape index (κ2) is 7.94. The Morgan fingerprint density at radius 1 is 1.00 bits per heavy atom. The largest absolute Gasteiger partial charge is 0.378 e. The molecule has 5 heterocycles. The van der Waals surface area contributed by atoms with Crippen LogP contribution < -0.4 is 15.1 Å². The molecule has 0 saturated carbocycles. The van der Waals surface area contributed by atoms with Crippen molar-refractivity contribution >= 4 is 39.3 Å². The Morgan fingerprint density at radius 2 is 1.75 bits per heavy atom. The molecule has 28 heavy (non-hydrogen) atoms. The number of thiophene rings is 1. The topological polar surface area (TPSA) is 99.8 Å². The van der Waals surface area contributed by atoms with Crippen LogP contribution in [0, 0.1) is 0 Å². The minimum absolute atomic E-state index is 0.407. The SMILES string of the molecule is c1c(CNC2=NCN=N2)sc2c(N3CCOCC3)nc(N3CCOCC3)nc12. The van der Waals surface area contributed by atoms with Gasteiger partial charge >= 0.3 is 0 Å². The number of rotatable bonds is 4. The molecule has 5 rings (SSSR count). The van der Waals surface area contributed by atoms with Crippen molar-refractivity contribution in [2.45, 2.75) is 6.54 Å². The van der Waals surface area contributed by atoms with Crippen molar-refractivity contribution < 1.29 is 9.47 Å². The van der Waals surface area contributed by atoms with E-state index in [2.05, 4.69) is 36.4 Å². The summed E-state index contributed by atoms with van der Waals surface area (Å²) in [7, 11) is 0. The number of hydrogen-bond donors (Lipinski definition) is 1. The molecule has 0 radical (unpaired) electrons. The number of ether oxygens (including phenoxy) is 2. The van der Waals surface area contributed by atoms with Crippen LogP contribution in [0.4, 0.5) is 11.8 Å². The van der Waals surface area contributed by atoms with E-state index in [9.17, 15) is 0 Å². The first kappa shape index (κ1) is 17.7. The average Bonchev–Trinajstić information content (AvgIpc) is 3.42. The molecule has 10 nitrogen and oxygen atoms in total. The summed E-state index contributed by atoms with van der Waals surface area (Å²) < 4.78 is 12.1. The van der Waals surface area contributed by atoms with E-state index >= 15 is 0 Å². The van der Waals surface area contributed by atoms with E-state index in [4.69, 9.17) is 19.4 Å². The van der Waals surface area contributed by atoms with Crippen LogP contribution in [0.15, 0.2) is 21.3 Å². The van der Waals surface area contributed by atoms with Gasteiger partial charge in [0.25, 0.3) is 0 Å². The molecule has 0 atom stereocenters. The standard InChI is InChI=1S/C17H22N8O2S/c1-5-26-6-2-24(1)15-14-13(21-17(22-15)25-3-7-27-8-4-25)9-12(28-14)10-18-16-19-11-20-23-16/h9H,1-8,10-11H2,(H,18,19). The lowest BCUT2D eigenvalue weighted by molar-refractivity contribution is 0.121. The molecule has 2 saturated heterocycles. The van der Waals surface area contributed by atoms with Crippen molar-refractivity contribution in [1.82, 2.24) is 15.3 Å². The van der Waals surface area contributed by atoms with Gasteiger partial charge in [-0.3, -0.25) is 0 Å². The summed E-state index contributed by atoms with van der Waals surface area (Å²) in [4.78, 5) is 19.7. The van der Waals surface area contributed by atoms with Crippen LogP contribution >= 0.6 is 11.3 Å². The van der Waals surface area contributed by atoms with E-state index < -0.39 is 0 Å². The maximum absolute atomic E-state index is 5.53. The number of azo groups is 1. The number of nitrogens with zero attached hydrogens (tertiary/aromatic N) is 7. The van der Waals surface area contributed by atoms with Crippen molar-refractivity contribution in [3.8, 4) is 0 Å². The average molecular weight is 402 g/mol. The first-order valence-electron chi connectivity index (χ1n) is 9.48. The molecule has 1 N–H and O–H groups in total. The van der Waals surface area contributed by atoms with E-state index in [-0.39, 0.29) is 0 Å². The number of guanidine groups is 1. The van der Waals surface area contributed by atoms with Gasteiger partial charge in [-0.1, -0.05) is 0 Å². The Kier molecular flexibility index (Phi) is 5.02. The zero-order valence-electron chi connectivity index (χ0n) is 15.5. The predicted molar refractivity (Wildman–Crippen MR) is 107 cm³/mol. The highest BCUT2D eigenvalue weighted by molar-refractivity contribution is 7.19. The molecule has 0 aromatic carbocycles. The normalized spacial score (nSPS) is 20.1. The number of nitrogens with one attached hydrogen (secondary N) is 1. The lowest BCUT2D eigenvalue weighted by Crippen LogP contribution is -2.39. The van der Waals surface area contributed by atoms with Gasteiger partial charge in [0.2, 0.25) is 11.9 Å². The molecule has 0 aliphatic carbocycles. The van der Waals surface area contributed by atoms with E-state index in [0.29, 0.717) is 32.4 Å². The van der Waals surface area contributed by atoms with Gasteiger partial charge in [-0.05, 0) is 6.07 Å². The van der Waals surface area contributed by atoms with Crippen LogP contribution in [0.1, 0.15) is 4.88 Å². The lowest BCUT2D eigenvalue weighted by Gasteiger charge is -2.30. The fourth-order valence-electron chi connectivity index (χ4n) is 3.42. The molecule has 0 amide bonds. The second-order valence-electron chi connectivity index (χ2n) is 6.69. The predicted octanol–water partition coefficient (Wildman–Crippen LogP) is 1.23. The molecule has 2 fully saturated rings. The third-order valence-electron chi connectivity index (χ3n) is 4.87. The molecule has 0 unspecified atom stereocenters. The Bertz CT molecular complexity index is 902. The molecule has 0 bridgehead atoms.